The maximum atomic E-state index is 6.07. The van der Waals surface area contributed by atoms with Crippen LogP contribution in [0.25, 0.3) is 0 Å². The first kappa shape index (κ1) is 12.9. The van der Waals surface area contributed by atoms with Crippen LogP contribution in [-0.2, 0) is 12.8 Å². The van der Waals surface area contributed by atoms with Crippen molar-refractivity contribution in [3.8, 4) is 5.75 Å². The quantitative estimate of drug-likeness (QED) is 0.668. The Morgan fingerprint density at radius 3 is 2.57 bits per heavy atom. The molecular weight excluding hydrogens is 260 g/mol. The van der Waals surface area contributed by atoms with Crippen LogP contribution >= 0.6 is 0 Å². The summed E-state index contributed by atoms with van der Waals surface area (Å²) < 4.78 is 6.07. The van der Waals surface area contributed by atoms with Crippen molar-refractivity contribution in [1.29, 1.82) is 0 Å². The molecule has 3 atom stereocenters. The number of rotatable bonds is 4. The summed E-state index contributed by atoms with van der Waals surface area (Å²) in [6.45, 7) is 0. The van der Waals surface area contributed by atoms with Crippen molar-refractivity contribution in [3.05, 3.63) is 65.2 Å². The lowest BCUT2D eigenvalue weighted by Crippen LogP contribution is -2.47. The molecule has 0 saturated carbocycles. The van der Waals surface area contributed by atoms with Crippen LogP contribution in [0, 0.1) is 0 Å². The molecule has 1 aliphatic carbocycles. The Kier molecular flexibility index (Phi) is 3.17. The second-order valence-corrected chi connectivity index (χ2v) is 6.08. The summed E-state index contributed by atoms with van der Waals surface area (Å²) in [5.41, 5.74) is 7.23. The molecule has 3 N–H and O–H groups in total. The largest absolute Gasteiger partial charge is 0.488 e. The van der Waals surface area contributed by atoms with Gasteiger partial charge in [0.1, 0.15) is 11.9 Å². The van der Waals surface area contributed by atoms with E-state index in [9.17, 15) is 0 Å². The molecule has 2 aromatic carbocycles. The monoisotopic (exact) mass is 280 g/mol. The molecule has 1 heterocycles. The Morgan fingerprint density at radius 2 is 1.81 bits per heavy atom. The number of fused-ring (bicyclic) bond motifs is 2. The molecule has 0 radical (unpaired) electrons. The average molecular weight is 280 g/mol. The number of hydrazine groups is 1. The molecule has 0 fully saturated rings. The topological polar surface area (TPSA) is 47.3 Å². The maximum Gasteiger partial charge on any atom is 0.123 e. The normalized spacial score (nSPS) is 23.7. The molecule has 108 valence electrons. The first-order valence-electron chi connectivity index (χ1n) is 7.63. The Balaban J connectivity index is 1.46. The highest BCUT2D eigenvalue weighted by Gasteiger charge is 2.34. The fraction of sp³-hybridized carbons (Fsp3) is 0.333. The maximum absolute atomic E-state index is 6.07. The highest BCUT2D eigenvalue weighted by molar-refractivity contribution is 5.41. The van der Waals surface area contributed by atoms with Crippen LogP contribution in [0.15, 0.2) is 48.5 Å². The van der Waals surface area contributed by atoms with E-state index in [1.54, 1.807) is 0 Å². The van der Waals surface area contributed by atoms with Crippen molar-refractivity contribution in [2.24, 2.45) is 5.84 Å². The molecule has 21 heavy (non-hydrogen) atoms. The van der Waals surface area contributed by atoms with E-state index in [1.807, 2.05) is 12.1 Å². The van der Waals surface area contributed by atoms with Crippen molar-refractivity contribution in [2.75, 3.05) is 0 Å². The van der Waals surface area contributed by atoms with Gasteiger partial charge in [-0.15, -0.1) is 0 Å². The molecule has 0 amide bonds. The van der Waals surface area contributed by atoms with Crippen LogP contribution < -0.4 is 16.0 Å². The van der Waals surface area contributed by atoms with Gasteiger partial charge >= 0.3 is 0 Å². The Morgan fingerprint density at radius 1 is 1.05 bits per heavy atom. The summed E-state index contributed by atoms with van der Waals surface area (Å²) in [4.78, 5) is 0. The van der Waals surface area contributed by atoms with Gasteiger partial charge in [-0.05, 0) is 41.5 Å². The first-order chi connectivity index (χ1) is 10.3. The van der Waals surface area contributed by atoms with Crippen LogP contribution in [0.4, 0.5) is 0 Å². The molecule has 1 aliphatic heterocycles. The Hall–Kier alpha value is -1.84. The lowest BCUT2D eigenvalue weighted by atomic mass is 9.74. The minimum atomic E-state index is 0.139. The van der Waals surface area contributed by atoms with Crippen molar-refractivity contribution in [1.82, 2.24) is 5.43 Å². The number of hydrogen-bond donors (Lipinski definition) is 2. The van der Waals surface area contributed by atoms with E-state index in [0.717, 1.165) is 25.0 Å². The predicted octanol–water partition coefficient (Wildman–Crippen LogP) is 2.55. The van der Waals surface area contributed by atoms with Crippen LogP contribution in [0.1, 0.15) is 29.0 Å². The van der Waals surface area contributed by atoms with Gasteiger partial charge in [0.05, 0.1) is 6.04 Å². The molecule has 3 heteroatoms. The lowest BCUT2D eigenvalue weighted by molar-refractivity contribution is 0.165. The molecule has 0 saturated heterocycles. The molecule has 4 rings (SSSR count). The number of nitrogens with one attached hydrogen (secondary N) is 1. The highest BCUT2D eigenvalue weighted by atomic mass is 16.5. The standard InChI is InChI=1S/C18H20N2O/c19-20-16(10-14-9-12-5-1-3-7-15(12)14)18-11-13-6-2-4-8-17(13)21-18/h1-8,14,16,18,20H,9-11,19H2. The summed E-state index contributed by atoms with van der Waals surface area (Å²) in [5, 5.41) is 0. The third kappa shape index (κ3) is 2.23. The van der Waals surface area contributed by atoms with Gasteiger partial charge in [-0.2, -0.15) is 0 Å². The first-order valence-corrected chi connectivity index (χ1v) is 7.63. The molecular formula is C18H20N2O. The Bertz CT molecular complexity index is 630. The number of benzene rings is 2. The predicted molar refractivity (Wildman–Crippen MR) is 83.2 cm³/mol. The molecule has 2 aliphatic rings. The van der Waals surface area contributed by atoms with Crippen LogP contribution in [0.2, 0.25) is 0 Å². The third-order valence-electron chi connectivity index (χ3n) is 4.83. The number of hydrogen-bond acceptors (Lipinski definition) is 3. The summed E-state index contributed by atoms with van der Waals surface area (Å²) in [6.07, 6.45) is 3.28. The van der Waals surface area contributed by atoms with Crippen LogP contribution in [-0.4, -0.2) is 12.1 Å². The molecule has 3 nitrogen and oxygen atoms in total. The molecule has 0 bridgehead atoms. The van der Waals surface area contributed by atoms with Gasteiger partial charge in [0.25, 0.3) is 0 Å². The molecule has 2 aromatic rings. The second-order valence-electron chi connectivity index (χ2n) is 6.08. The van der Waals surface area contributed by atoms with Gasteiger partial charge < -0.3 is 4.74 Å². The van der Waals surface area contributed by atoms with Gasteiger partial charge in [0.15, 0.2) is 0 Å². The summed E-state index contributed by atoms with van der Waals surface area (Å²) >= 11 is 0. The molecule has 0 spiro atoms. The minimum Gasteiger partial charge on any atom is -0.488 e. The van der Waals surface area contributed by atoms with Gasteiger partial charge in [-0.25, -0.2) is 0 Å². The van der Waals surface area contributed by atoms with Gasteiger partial charge in [-0.1, -0.05) is 42.5 Å². The average Bonchev–Trinajstić information content (AvgIpc) is 2.92. The van der Waals surface area contributed by atoms with Gasteiger partial charge in [-0.3, -0.25) is 11.3 Å². The highest BCUT2D eigenvalue weighted by Crippen LogP contribution is 2.39. The fourth-order valence-corrected chi connectivity index (χ4v) is 3.64. The van der Waals surface area contributed by atoms with E-state index >= 15 is 0 Å². The third-order valence-corrected chi connectivity index (χ3v) is 4.83. The summed E-state index contributed by atoms with van der Waals surface area (Å²) in [5.74, 6) is 7.42. The number of nitrogens with two attached hydrogens (primary N) is 1. The van der Waals surface area contributed by atoms with E-state index < -0.39 is 0 Å². The van der Waals surface area contributed by atoms with Gasteiger partial charge in [0, 0.05) is 6.42 Å². The minimum absolute atomic E-state index is 0.139. The van der Waals surface area contributed by atoms with Crippen LogP contribution in [0.3, 0.4) is 0 Å². The zero-order valence-electron chi connectivity index (χ0n) is 12.0. The summed E-state index contributed by atoms with van der Waals surface area (Å²) in [6, 6.07) is 17.2. The number of para-hydroxylation sites is 1. The molecule has 3 unspecified atom stereocenters. The Labute approximate surface area is 125 Å². The number of ether oxygens (including phenoxy) is 1. The van der Waals surface area contributed by atoms with Crippen molar-refractivity contribution >= 4 is 0 Å². The van der Waals surface area contributed by atoms with E-state index in [4.69, 9.17) is 10.6 Å². The zero-order chi connectivity index (χ0) is 14.2. The van der Waals surface area contributed by atoms with Crippen LogP contribution in [0.5, 0.6) is 5.75 Å². The smallest absolute Gasteiger partial charge is 0.123 e. The molecule has 0 aromatic heterocycles. The summed E-state index contributed by atoms with van der Waals surface area (Å²) in [7, 11) is 0. The SMILES string of the molecule is NNC(CC1Cc2ccccc21)C1Cc2ccccc2O1. The zero-order valence-corrected chi connectivity index (χ0v) is 12.0. The van der Waals surface area contributed by atoms with Crippen molar-refractivity contribution in [3.63, 3.8) is 0 Å². The van der Waals surface area contributed by atoms with E-state index in [2.05, 4.69) is 41.8 Å². The van der Waals surface area contributed by atoms with Crippen molar-refractivity contribution in [2.45, 2.75) is 37.3 Å². The van der Waals surface area contributed by atoms with E-state index in [0.29, 0.717) is 5.92 Å². The van der Waals surface area contributed by atoms with E-state index in [-0.39, 0.29) is 12.1 Å². The van der Waals surface area contributed by atoms with Gasteiger partial charge in [0.2, 0.25) is 0 Å². The van der Waals surface area contributed by atoms with Crippen molar-refractivity contribution < 1.29 is 4.74 Å². The second kappa shape index (κ2) is 5.17. The fourth-order valence-electron chi connectivity index (χ4n) is 3.64. The lowest BCUT2D eigenvalue weighted by Gasteiger charge is -2.34. The van der Waals surface area contributed by atoms with E-state index in [1.165, 1.54) is 16.7 Å².